The number of nitrogens with one attached hydrogen (secondary N) is 1. The van der Waals surface area contributed by atoms with Crippen LogP contribution in [0, 0.1) is 0 Å². The summed E-state index contributed by atoms with van der Waals surface area (Å²) in [7, 11) is 0. The van der Waals surface area contributed by atoms with Gasteiger partial charge in [0.1, 0.15) is 6.04 Å². The van der Waals surface area contributed by atoms with Crippen LogP contribution in [0.25, 0.3) is 11.0 Å². The van der Waals surface area contributed by atoms with Gasteiger partial charge in [-0.3, -0.25) is 4.79 Å². The van der Waals surface area contributed by atoms with Gasteiger partial charge in [0.2, 0.25) is 5.91 Å². The molecule has 1 aliphatic carbocycles. The molecule has 1 unspecified atom stereocenters. The molecule has 1 N–H and O–H groups in total. The highest BCUT2D eigenvalue weighted by molar-refractivity contribution is 5.83. The van der Waals surface area contributed by atoms with Crippen molar-refractivity contribution >= 4 is 16.9 Å². The lowest BCUT2D eigenvalue weighted by Gasteiger charge is -2.28. The Balaban J connectivity index is 1.82. The summed E-state index contributed by atoms with van der Waals surface area (Å²) < 4.78 is 1.93. The molecule has 1 fully saturated rings. The Morgan fingerprint density at radius 1 is 1.44 bits per heavy atom. The lowest BCUT2D eigenvalue weighted by molar-refractivity contribution is -0.125. The van der Waals surface area contributed by atoms with Crippen LogP contribution in [0.1, 0.15) is 32.2 Å². The van der Waals surface area contributed by atoms with Crippen molar-refractivity contribution in [2.45, 2.75) is 38.3 Å². The zero-order chi connectivity index (χ0) is 12.5. The molecular weight excluding hydrogens is 226 g/mol. The molecule has 1 saturated carbocycles. The van der Waals surface area contributed by atoms with Crippen LogP contribution in [0.4, 0.5) is 0 Å². The molecule has 0 aliphatic heterocycles. The van der Waals surface area contributed by atoms with Crippen molar-refractivity contribution in [3.63, 3.8) is 0 Å². The molecule has 2 aromatic rings. The second-order valence-corrected chi connectivity index (χ2v) is 4.95. The molecule has 4 heteroatoms. The average Bonchev–Trinajstić information content (AvgIpc) is 2.76. The van der Waals surface area contributed by atoms with E-state index < -0.39 is 0 Å². The van der Waals surface area contributed by atoms with E-state index >= 15 is 0 Å². The number of hydrogen-bond acceptors (Lipinski definition) is 2. The summed E-state index contributed by atoms with van der Waals surface area (Å²) in [6, 6.07) is 8.06. The van der Waals surface area contributed by atoms with E-state index in [4.69, 9.17) is 0 Å². The second kappa shape index (κ2) is 4.44. The van der Waals surface area contributed by atoms with Crippen molar-refractivity contribution in [2.75, 3.05) is 0 Å². The summed E-state index contributed by atoms with van der Waals surface area (Å²) in [5, 5.41) is 3.08. The number of nitrogens with zero attached hydrogens (tertiary/aromatic N) is 2. The first-order chi connectivity index (χ1) is 8.75. The van der Waals surface area contributed by atoms with E-state index in [2.05, 4.69) is 10.3 Å². The number of para-hydroxylation sites is 2. The largest absolute Gasteiger partial charge is 0.352 e. The molecule has 1 amide bonds. The minimum absolute atomic E-state index is 0.0860. The van der Waals surface area contributed by atoms with Gasteiger partial charge in [0.25, 0.3) is 0 Å². The molecule has 1 heterocycles. The second-order valence-electron chi connectivity index (χ2n) is 4.95. The predicted molar refractivity (Wildman–Crippen MR) is 70.2 cm³/mol. The Kier molecular flexibility index (Phi) is 2.78. The maximum absolute atomic E-state index is 12.1. The maximum atomic E-state index is 12.1. The first kappa shape index (κ1) is 11.3. The Bertz CT molecular complexity index is 571. The lowest BCUT2D eigenvalue weighted by atomic mass is 9.93. The van der Waals surface area contributed by atoms with Gasteiger partial charge in [-0.1, -0.05) is 12.1 Å². The van der Waals surface area contributed by atoms with E-state index in [1.165, 1.54) is 6.42 Å². The van der Waals surface area contributed by atoms with Crippen LogP contribution in [0.15, 0.2) is 30.6 Å². The summed E-state index contributed by atoms with van der Waals surface area (Å²) in [6.07, 6.45) is 5.20. The Morgan fingerprint density at radius 2 is 2.22 bits per heavy atom. The van der Waals surface area contributed by atoms with Crippen LogP contribution in [-0.2, 0) is 4.79 Å². The molecule has 0 saturated heterocycles. The number of carbonyl (C=O) groups excluding carboxylic acids is 1. The third kappa shape index (κ3) is 1.88. The predicted octanol–water partition coefficient (Wildman–Crippen LogP) is 2.27. The van der Waals surface area contributed by atoms with E-state index in [1.807, 2.05) is 35.8 Å². The van der Waals surface area contributed by atoms with Crippen LogP contribution < -0.4 is 5.32 Å². The summed E-state index contributed by atoms with van der Waals surface area (Å²) >= 11 is 0. The Morgan fingerprint density at radius 3 is 2.94 bits per heavy atom. The number of amides is 1. The topological polar surface area (TPSA) is 46.9 Å². The van der Waals surface area contributed by atoms with Gasteiger partial charge >= 0.3 is 0 Å². The fourth-order valence-corrected chi connectivity index (χ4v) is 2.29. The van der Waals surface area contributed by atoms with Crippen molar-refractivity contribution in [1.29, 1.82) is 0 Å². The molecule has 1 aromatic heterocycles. The highest BCUT2D eigenvalue weighted by Crippen LogP contribution is 2.21. The van der Waals surface area contributed by atoms with Gasteiger partial charge in [0.05, 0.1) is 17.4 Å². The quantitative estimate of drug-likeness (QED) is 0.898. The maximum Gasteiger partial charge on any atom is 0.243 e. The monoisotopic (exact) mass is 243 g/mol. The molecule has 94 valence electrons. The number of aromatic nitrogens is 2. The van der Waals surface area contributed by atoms with Gasteiger partial charge in [0, 0.05) is 6.04 Å². The number of carbonyl (C=O) groups is 1. The molecule has 1 aliphatic rings. The van der Waals surface area contributed by atoms with Crippen LogP contribution in [0.3, 0.4) is 0 Å². The Labute approximate surface area is 106 Å². The summed E-state index contributed by atoms with van der Waals surface area (Å²) in [5.74, 6) is 0.0860. The molecule has 1 atom stereocenters. The summed E-state index contributed by atoms with van der Waals surface area (Å²) in [5.41, 5.74) is 1.94. The molecule has 1 aromatic carbocycles. The molecular formula is C14H17N3O. The number of hydrogen-bond donors (Lipinski definition) is 1. The van der Waals surface area contributed by atoms with E-state index in [1.54, 1.807) is 6.33 Å². The van der Waals surface area contributed by atoms with E-state index in [0.717, 1.165) is 23.9 Å². The Hall–Kier alpha value is -1.84. The number of imidazole rings is 1. The highest BCUT2D eigenvalue weighted by Gasteiger charge is 2.23. The standard InChI is InChI=1S/C14H17N3O/c1-10(14(18)16-11-5-4-6-11)17-9-15-12-7-2-3-8-13(12)17/h2-3,7-11H,4-6H2,1H3,(H,16,18). The van der Waals surface area contributed by atoms with Crippen LogP contribution in [-0.4, -0.2) is 21.5 Å². The minimum Gasteiger partial charge on any atom is -0.352 e. The third-order valence-electron chi connectivity index (χ3n) is 3.73. The van der Waals surface area contributed by atoms with Crippen LogP contribution in [0.5, 0.6) is 0 Å². The average molecular weight is 243 g/mol. The van der Waals surface area contributed by atoms with Crippen molar-refractivity contribution in [1.82, 2.24) is 14.9 Å². The van der Waals surface area contributed by atoms with Crippen molar-refractivity contribution in [2.24, 2.45) is 0 Å². The molecule has 0 spiro atoms. The molecule has 3 rings (SSSR count). The van der Waals surface area contributed by atoms with E-state index in [-0.39, 0.29) is 11.9 Å². The zero-order valence-corrected chi connectivity index (χ0v) is 10.5. The lowest BCUT2D eigenvalue weighted by Crippen LogP contribution is -2.42. The number of fused-ring (bicyclic) bond motifs is 1. The number of benzene rings is 1. The van der Waals surface area contributed by atoms with E-state index in [9.17, 15) is 4.79 Å². The SMILES string of the molecule is CC(C(=O)NC1CCC1)n1cnc2ccccc21. The van der Waals surface area contributed by atoms with Gasteiger partial charge in [-0.25, -0.2) is 4.98 Å². The van der Waals surface area contributed by atoms with Crippen molar-refractivity contribution < 1.29 is 4.79 Å². The fraction of sp³-hybridized carbons (Fsp3) is 0.429. The smallest absolute Gasteiger partial charge is 0.243 e. The van der Waals surface area contributed by atoms with Crippen LogP contribution in [0.2, 0.25) is 0 Å². The number of rotatable bonds is 3. The third-order valence-corrected chi connectivity index (χ3v) is 3.73. The van der Waals surface area contributed by atoms with E-state index in [0.29, 0.717) is 6.04 Å². The molecule has 4 nitrogen and oxygen atoms in total. The molecule has 0 radical (unpaired) electrons. The minimum atomic E-state index is -0.210. The van der Waals surface area contributed by atoms with Gasteiger partial charge in [-0.15, -0.1) is 0 Å². The zero-order valence-electron chi connectivity index (χ0n) is 10.5. The van der Waals surface area contributed by atoms with Crippen molar-refractivity contribution in [3.8, 4) is 0 Å². The summed E-state index contributed by atoms with van der Waals surface area (Å²) in [6.45, 7) is 1.92. The van der Waals surface area contributed by atoms with Gasteiger partial charge in [0.15, 0.2) is 0 Å². The first-order valence-electron chi connectivity index (χ1n) is 6.47. The summed E-state index contributed by atoms with van der Waals surface area (Å²) in [4.78, 5) is 16.4. The highest BCUT2D eigenvalue weighted by atomic mass is 16.2. The van der Waals surface area contributed by atoms with Crippen LogP contribution >= 0.6 is 0 Å². The fourth-order valence-electron chi connectivity index (χ4n) is 2.29. The van der Waals surface area contributed by atoms with Crippen molar-refractivity contribution in [3.05, 3.63) is 30.6 Å². The normalized spacial score (nSPS) is 17.4. The van der Waals surface area contributed by atoms with Gasteiger partial charge in [-0.2, -0.15) is 0 Å². The first-order valence-corrected chi connectivity index (χ1v) is 6.47. The van der Waals surface area contributed by atoms with Gasteiger partial charge < -0.3 is 9.88 Å². The molecule has 0 bridgehead atoms. The van der Waals surface area contributed by atoms with Gasteiger partial charge in [-0.05, 0) is 38.3 Å². The molecule has 18 heavy (non-hydrogen) atoms.